The Morgan fingerprint density at radius 2 is 2.00 bits per heavy atom. The third kappa shape index (κ3) is 2.08. The lowest BCUT2D eigenvalue weighted by Gasteiger charge is -2.38. The Morgan fingerprint density at radius 1 is 1.40 bits per heavy atom. The van der Waals surface area contributed by atoms with Gasteiger partial charge in [0, 0.05) is 25.7 Å². The number of halogens is 1. The molecule has 4 nitrogen and oxygen atoms in total. The van der Waals surface area contributed by atoms with Crippen LogP contribution in [0.1, 0.15) is 25.3 Å². The van der Waals surface area contributed by atoms with Gasteiger partial charge in [-0.2, -0.15) is 5.01 Å². The van der Waals surface area contributed by atoms with Crippen LogP contribution < -0.4 is 5.73 Å². The molecule has 2 rings (SSSR count). The summed E-state index contributed by atoms with van der Waals surface area (Å²) in [5.74, 6) is -3.16. The van der Waals surface area contributed by atoms with Gasteiger partial charge in [-0.1, -0.05) is 37.3 Å². The van der Waals surface area contributed by atoms with Gasteiger partial charge in [0.05, 0.1) is 5.57 Å². The zero-order valence-corrected chi connectivity index (χ0v) is 12.0. The number of carbonyl (C=O) groups is 1. The number of hydrogen-bond donors (Lipinski definition) is 1. The molecule has 0 aliphatic carbocycles. The molecule has 0 saturated carbocycles. The summed E-state index contributed by atoms with van der Waals surface area (Å²) >= 11 is 0. The van der Waals surface area contributed by atoms with Crippen molar-refractivity contribution in [3.05, 3.63) is 47.7 Å². The summed E-state index contributed by atoms with van der Waals surface area (Å²) in [6.07, 6.45) is 1.50. The lowest BCUT2D eigenvalue weighted by Crippen LogP contribution is -2.51. The van der Waals surface area contributed by atoms with E-state index in [1.807, 2.05) is 37.3 Å². The largest absolute Gasteiger partial charge is 0.366 e. The molecule has 0 fully saturated rings. The summed E-state index contributed by atoms with van der Waals surface area (Å²) in [5, 5.41) is 3.12. The van der Waals surface area contributed by atoms with Crippen molar-refractivity contribution in [1.82, 2.24) is 10.0 Å². The van der Waals surface area contributed by atoms with E-state index < -0.39 is 17.6 Å². The van der Waals surface area contributed by atoms with Crippen LogP contribution in [-0.4, -0.2) is 35.3 Å². The number of amides is 1. The monoisotopic (exact) mass is 277 g/mol. The van der Waals surface area contributed by atoms with Crippen molar-refractivity contribution < 1.29 is 9.18 Å². The van der Waals surface area contributed by atoms with Gasteiger partial charge in [-0.3, -0.25) is 4.79 Å². The summed E-state index contributed by atoms with van der Waals surface area (Å²) in [4.78, 5) is 11.6. The Bertz CT molecular complexity index is 531. The molecule has 0 radical (unpaired) electrons. The maximum absolute atomic E-state index is 15.7. The molecular formula is C15H20FN3O. The molecule has 1 aromatic carbocycles. The van der Waals surface area contributed by atoms with Crippen LogP contribution in [0.5, 0.6) is 0 Å². The average Bonchev–Trinajstić information content (AvgIpc) is 2.72. The molecule has 0 saturated heterocycles. The minimum Gasteiger partial charge on any atom is -0.366 e. The van der Waals surface area contributed by atoms with Crippen LogP contribution in [0, 0.1) is 0 Å². The molecule has 2 N–H and O–H groups in total. The first kappa shape index (κ1) is 14.5. The van der Waals surface area contributed by atoms with Crippen LogP contribution in [0.4, 0.5) is 4.39 Å². The topological polar surface area (TPSA) is 49.6 Å². The Morgan fingerprint density at radius 3 is 2.50 bits per heavy atom. The fraction of sp³-hybridized carbons (Fsp3) is 0.400. The molecule has 0 aromatic heterocycles. The first-order valence-electron chi connectivity index (χ1n) is 6.69. The van der Waals surface area contributed by atoms with Crippen molar-refractivity contribution in [3.8, 4) is 0 Å². The van der Waals surface area contributed by atoms with E-state index in [0.717, 1.165) is 5.56 Å². The van der Waals surface area contributed by atoms with Crippen LogP contribution in [0.2, 0.25) is 0 Å². The summed E-state index contributed by atoms with van der Waals surface area (Å²) in [6, 6.07) is 9.30. The van der Waals surface area contributed by atoms with Gasteiger partial charge in [0.25, 0.3) is 5.91 Å². The van der Waals surface area contributed by atoms with Crippen LogP contribution >= 0.6 is 0 Å². The minimum atomic E-state index is -1.93. The predicted octanol–water partition coefficient (Wildman–Crippen LogP) is 2.01. The standard InChI is InChI=1S/C15H20FN3O/c1-4-19-10-13(14(17)20)15(16,18(19)3)11(2)12-8-6-5-7-9-12/h5-11H,4H2,1-3H3,(H2,17,20). The summed E-state index contributed by atoms with van der Waals surface area (Å²) < 4.78 is 15.7. The van der Waals surface area contributed by atoms with Crippen molar-refractivity contribution in [3.63, 3.8) is 0 Å². The molecule has 0 bridgehead atoms. The highest BCUT2D eigenvalue weighted by Gasteiger charge is 2.52. The molecule has 1 amide bonds. The number of hydrogen-bond acceptors (Lipinski definition) is 3. The van der Waals surface area contributed by atoms with Crippen LogP contribution in [0.25, 0.3) is 0 Å². The van der Waals surface area contributed by atoms with Crippen LogP contribution in [0.3, 0.4) is 0 Å². The second kappa shape index (κ2) is 5.25. The van der Waals surface area contributed by atoms with Crippen LogP contribution in [0.15, 0.2) is 42.1 Å². The number of alkyl halides is 1. The third-order valence-electron chi connectivity index (χ3n) is 3.98. The number of nitrogens with two attached hydrogens (primary N) is 1. The van der Waals surface area contributed by atoms with E-state index in [-0.39, 0.29) is 5.57 Å². The number of benzene rings is 1. The Balaban J connectivity index is 2.46. The molecule has 2 unspecified atom stereocenters. The molecule has 5 heteroatoms. The van der Waals surface area contributed by atoms with Crippen molar-refractivity contribution in [1.29, 1.82) is 0 Å². The van der Waals surface area contributed by atoms with Gasteiger partial charge < -0.3 is 10.7 Å². The van der Waals surface area contributed by atoms with E-state index in [9.17, 15) is 4.79 Å². The van der Waals surface area contributed by atoms with Crippen molar-refractivity contribution in [2.24, 2.45) is 5.73 Å². The maximum Gasteiger partial charge on any atom is 0.250 e. The summed E-state index contributed by atoms with van der Waals surface area (Å²) in [6.45, 7) is 4.23. The first-order valence-corrected chi connectivity index (χ1v) is 6.69. The first-order chi connectivity index (χ1) is 9.42. The second-order valence-corrected chi connectivity index (χ2v) is 4.99. The van der Waals surface area contributed by atoms with E-state index in [4.69, 9.17) is 5.73 Å². The number of primary amides is 1. The van der Waals surface area contributed by atoms with Crippen molar-refractivity contribution >= 4 is 5.91 Å². The zero-order valence-electron chi connectivity index (χ0n) is 12.0. The van der Waals surface area contributed by atoms with Gasteiger partial charge in [0.1, 0.15) is 0 Å². The lowest BCUT2D eigenvalue weighted by molar-refractivity contribution is -0.123. The van der Waals surface area contributed by atoms with Gasteiger partial charge in [0.15, 0.2) is 0 Å². The van der Waals surface area contributed by atoms with Crippen molar-refractivity contribution in [2.45, 2.75) is 25.6 Å². The molecule has 0 spiro atoms. The quantitative estimate of drug-likeness (QED) is 0.856. The molecule has 1 aliphatic heterocycles. The fourth-order valence-electron chi connectivity index (χ4n) is 2.70. The second-order valence-electron chi connectivity index (χ2n) is 4.99. The molecule has 1 aliphatic rings. The molecule has 20 heavy (non-hydrogen) atoms. The highest BCUT2D eigenvalue weighted by molar-refractivity contribution is 5.94. The minimum absolute atomic E-state index is 0.00166. The Hall–Kier alpha value is -1.88. The number of rotatable bonds is 4. The van der Waals surface area contributed by atoms with Gasteiger partial charge in [-0.25, -0.2) is 4.39 Å². The van der Waals surface area contributed by atoms with Crippen molar-refractivity contribution in [2.75, 3.05) is 13.6 Å². The molecule has 2 atom stereocenters. The lowest BCUT2D eigenvalue weighted by atomic mass is 9.86. The highest BCUT2D eigenvalue weighted by Crippen LogP contribution is 2.44. The molecular weight excluding hydrogens is 257 g/mol. The molecule has 108 valence electrons. The van der Waals surface area contributed by atoms with E-state index in [1.165, 1.54) is 11.2 Å². The van der Waals surface area contributed by atoms with Crippen LogP contribution in [-0.2, 0) is 4.79 Å². The van der Waals surface area contributed by atoms with Gasteiger partial charge in [0.2, 0.25) is 5.79 Å². The van der Waals surface area contributed by atoms with E-state index in [1.54, 1.807) is 19.0 Å². The number of carbonyl (C=O) groups excluding carboxylic acids is 1. The number of hydrazine groups is 1. The van der Waals surface area contributed by atoms with E-state index >= 15 is 4.39 Å². The number of nitrogens with zero attached hydrogens (tertiary/aromatic N) is 2. The molecule has 1 aromatic rings. The smallest absolute Gasteiger partial charge is 0.250 e. The zero-order chi connectivity index (χ0) is 14.9. The summed E-state index contributed by atoms with van der Waals surface area (Å²) in [7, 11) is 1.63. The van der Waals surface area contributed by atoms with Gasteiger partial charge in [-0.15, -0.1) is 0 Å². The van der Waals surface area contributed by atoms with Gasteiger partial charge in [-0.05, 0) is 12.5 Å². The Labute approximate surface area is 118 Å². The van der Waals surface area contributed by atoms with Gasteiger partial charge >= 0.3 is 0 Å². The van der Waals surface area contributed by atoms with E-state index in [0.29, 0.717) is 6.54 Å². The molecule has 1 heterocycles. The SMILES string of the molecule is CCN1C=C(C(N)=O)C(F)(C(C)c2ccccc2)N1C. The maximum atomic E-state index is 15.7. The third-order valence-corrected chi connectivity index (χ3v) is 3.98. The fourth-order valence-corrected chi connectivity index (χ4v) is 2.70. The Kier molecular flexibility index (Phi) is 3.81. The average molecular weight is 277 g/mol. The normalized spacial score (nSPS) is 24.6. The highest BCUT2D eigenvalue weighted by atomic mass is 19.1. The number of likely N-dealkylation sites (N-methyl/N-ethyl adjacent to an activating group) is 1. The van der Waals surface area contributed by atoms with E-state index in [2.05, 4.69) is 0 Å². The summed E-state index contributed by atoms with van der Waals surface area (Å²) in [5.41, 5.74) is 6.19. The predicted molar refractivity (Wildman–Crippen MR) is 76.1 cm³/mol.